The highest BCUT2D eigenvalue weighted by atomic mass is 16.5. The third kappa shape index (κ3) is 10.4. The Kier molecular flexibility index (Phi) is 12.9. The first-order chi connectivity index (χ1) is 9.15. The van der Waals surface area contributed by atoms with Crippen LogP contribution in [0.5, 0.6) is 0 Å². The zero-order valence-corrected chi connectivity index (χ0v) is 13.9. The molecule has 0 saturated carbocycles. The monoisotopic (exact) mass is 272 g/mol. The van der Waals surface area contributed by atoms with Gasteiger partial charge < -0.3 is 9.47 Å². The highest BCUT2D eigenvalue weighted by Crippen LogP contribution is 2.26. The van der Waals surface area contributed by atoms with Crippen LogP contribution < -0.4 is 0 Å². The fourth-order valence-corrected chi connectivity index (χ4v) is 2.72. The predicted molar refractivity (Wildman–Crippen MR) is 83.6 cm³/mol. The van der Waals surface area contributed by atoms with Gasteiger partial charge in [0, 0.05) is 27.4 Å². The van der Waals surface area contributed by atoms with Gasteiger partial charge in [-0.3, -0.25) is 0 Å². The molecule has 0 saturated heterocycles. The third-order valence-corrected chi connectivity index (χ3v) is 3.97. The molecule has 2 unspecified atom stereocenters. The van der Waals surface area contributed by atoms with Crippen molar-refractivity contribution in [3.8, 4) is 0 Å². The summed E-state index contributed by atoms with van der Waals surface area (Å²) >= 11 is 0. The van der Waals surface area contributed by atoms with Crippen molar-refractivity contribution >= 4 is 0 Å². The molecule has 0 bridgehead atoms. The molecule has 0 aliphatic heterocycles. The summed E-state index contributed by atoms with van der Waals surface area (Å²) in [5.74, 6) is 2.11. The van der Waals surface area contributed by atoms with Crippen molar-refractivity contribution in [1.29, 1.82) is 0 Å². The lowest BCUT2D eigenvalue weighted by Crippen LogP contribution is -2.24. The van der Waals surface area contributed by atoms with E-state index < -0.39 is 0 Å². The van der Waals surface area contributed by atoms with E-state index in [1.54, 1.807) is 0 Å². The van der Waals surface area contributed by atoms with Crippen molar-refractivity contribution in [3.05, 3.63) is 0 Å². The van der Waals surface area contributed by atoms with Gasteiger partial charge in [0.2, 0.25) is 0 Å². The van der Waals surface area contributed by atoms with Crippen LogP contribution in [0.3, 0.4) is 0 Å². The van der Waals surface area contributed by atoms with Gasteiger partial charge in [0.1, 0.15) is 0 Å². The number of methoxy groups -OCH3 is 2. The van der Waals surface area contributed by atoms with Crippen LogP contribution in [0.2, 0.25) is 0 Å². The van der Waals surface area contributed by atoms with E-state index in [0.29, 0.717) is 11.8 Å². The summed E-state index contributed by atoms with van der Waals surface area (Å²) in [6.07, 6.45) is 9.23. The van der Waals surface area contributed by atoms with Gasteiger partial charge in [0.15, 0.2) is 0 Å². The van der Waals surface area contributed by atoms with Crippen molar-refractivity contribution in [2.24, 2.45) is 17.8 Å². The highest BCUT2D eigenvalue weighted by molar-refractivity contribution is 4.71. The van der Waals surface area contributed by atoms with Crippen LogP contribution in [0, 0.1) is 17.8 Å². The van der Waals surface area contributed by atoms with E-state index in [-0.39, 0.29) is 0 Å². The van der Waals surface area contributed by atoms with Crippen molar-refractivity contribution < 1.29 is 9.47 Å². The highest BCUT2D eigenvalue weighted by Gasteiger charge is 2.21. The molecule has 0 aliphatic rings. The largest absolute Gasteiger partial charge is 0.384 e. The average molecular weight is 272 g/mol. The van der Waals surface area contributed by atoms with Crippen LogP contribution in [0.1, 0.15) is 65.7 Å². The Hall–Kier alpha value is -0.0800. The van der Waals surface area contributed by atoms with Gasteiger partial charge in [-0.1, -0.05) is 52.9 Å². The fraction of sp³-hybridized carbons (Fsp3) is 1.00. The van der Waals surface area contributed by atoms with Gasteiger partial charge in [-0.25, -0.2) is 0 Å². The standard InChI is InChI=1S/C17H36O2/c1-6-7-8-9-10-16(13-18-4)17(14-19-5)12-11-15(2)3/h15-17H,6-14H2,1-5H3. The van der Waals surface area contributed by atoms with E-state index in [1.807, 2.05) is 14.2 Å². The lowest BCUT2D eigenvalue weighted by molar-refractivity contribution is 0.0580. The molecule has 0 spiro atoms. The van der Waals surface area contributed by atoms with E-state index in [9.17, 15) is 0 Å². The Balaban J connectivity index is 4.21. The Bertz CT molecular complexity index is 180. The molecule has 2 heteroatoms. The van der Waals surface area contributed by atoms with Gasteiger partial charge in [-0.15, -0.1) is 0 Å². The van der Waals surface area contributed by atoms with E-state index in [1.165, 1.54) is 44.9 Å². The Morgan fingerprint density at radius 3 is 1.79 bits per heavy atom. The summed E-state index contributed by atoms with van der Waals surface area (Å²) in [5.41, 5.74) is 0. The lowest BCUT2D eigenvalue weighted by atomic mass is 9.84. The molecule has 0 amide bonds. The molecule has 0 aromatic heterocycles. The number of rotatable bonds is 13. The molecule has 0 heterocycles. The van der Waals surface area contributed by atoms with Crippen LogP contribution in [-0.2, 0) is 9.47 Å². The van der Waals surface area contributed by atoms with Gasteiger partial charge in [-0.05, 0) is 30.6 Å². The molecule has 2 atom stereocenters. The molecule has 19 heavy (non-hydrogen) atoms. The summed E-state index contributed by atoms with van der Waals surface area (Å²) in [5, 5.41) is 0. The molecule has 0 fully saturated rings. The SMILES string of the molecule is CCCCCCC(COC)C(CCC(C)C)COC. The maximum Gasteiger partial charge on any atom is 0.0494 e. The van der Waals surface area contributed by atoms with E-state index >= 15 is 0 Å². The Morgan fingerprint density at radius 2 is 1.32 bits per heavy atom. The predicted octanol–water partition coefficient (Wildman–Crippen LogP) is 4.92. The molecule has 2 nitrogen and oxygen atoms in total. The van der Waals surface area contributed by atoms with Crippen molar-refractivity contribution in [2.45, 2.75) is 65.7 Å². The number of unbranched alkanes of at least 4 members (excludes halogenated alkanes) is 3. The van der Waals surface area contributed by atoms with Crippen LogP contribution >= 0.6 is 0 Å². The fourth-order valence-electron chi connectivity index (χ4n) is 2.72. The number of hydrogen-bond acceptors (Lipinski definition) is 2. The normalized spacial score (nSPS) is 14.8. The quantitative estimate of drug-likeness (QED) is 0.443. The molecule has 0 aromatic carbocycles. The van der Waals surface area contributed by atoms with Crippen molar-refractivity contribution in [2.75, 3.05) is 27.4 Å². The number of hydrogen-bond donors (Lipinski definition) is 0. The van der Waals surface area contributed by atoms with Gasteiger partial charge in [0.05, 0.1) is 0 Å². The van der Waals surface area contributed by atoms with Gasteiger partial charge >= 0.3 is 0 Å². The number of ether oxygens (including phenoxy) is 2. The summed E-state index contributed by atoms with van der Waals surface area (Å²) < 4.78 is 10.9. The molecule has 116 valence electrons. The van der Waals surface area contributed by atoms with Gasteiger partial charge in [0.25, 0.3) is 0 Å². The summed E-state index contributed by atoms with van der Waals surface area (Å²) in [7, 11) is 3.65. The topological polar surface area (TPSA) is 18.5 Å². The smallest absolute Gasteiger partial charge is 0.0494 e. The zero-order chi connectivity index (χ0) is 14.5. The molecule has 0 rings (SSSR count). The van der Waals surface area contributed by atoms with Gasteiger partial charge in [-0.2, -0.15) is 0 Å². The summed E-state index contributed by atoms with van der Waals surface area (Å²) in [6, 6.07) is 0. The Labute approximate surface area is 121 Å². The van der Waals surface area contributed by atoms with E-state index in [2.05, 4.69) is 20.8 Å². The molecule has 0 radical (unpaired) electrons. The van der Waals surface area contributed by atoms with Crippen LogP contribution in [0.4, 0.5) is 0 Å². The molecule has 0 aromatic rings. The first-order valence-corrected chi connectivity index (χ1v) is 8.13. The second-order valence-electron chi connectivity index (χ2n) is 6.25. The minimum atomic E-state index is 0.661. The Morgan fingerprint density at radius 1 is 0.737 bits per heavy atom. The maximum atomic E-state index is 5.44. The minimum Gasteiger partial charge on any atom is -0.384 e. The molecule has 0 N–H and O–H groups in total. The van der Waals surface area contributed by atoms with Crippen molar-refractivity contribution in [3.63, 3.8) is 0 Å². The zero-order valence-electron chi connectivity index (χ0n) is 13.9. The average Bonchev–Trinajstić information content (AvgIpc) is 2.38. The first-order valence-electron chi connectivity index (χ1n) is 8.13. The second-order valence-corrected chi connectivity index (χ2v) is 6.25. The van der Waals surface area contributed by atoms with Crippen LogP contribution in [0.25, 0.3) is 0 Å². The van der Waals surface area contributed by atoms with E-state index in [0.717, 1.165) is 19.1 Å². The second kappa shape index (κ2) is 12.9. The molecular weight excluding hydrogens is 236 g/mol. The van der Waals surface area contributed by atoms with Crippen molar-refractivity contribution in [1.82, 2.24) is 0 Å². The van der Waals surface area contributed by atoms with Crippen LogP contribution in [0.15, 0.2) is 0 Å². The van der Waals surface area contributed by atoms with E-state index in [4.69, 9.17) is 9.47 Å². The van der Waals surface area contributed by atoms with Crippen LogP contribution in [-0.4, -0.2) is 27.4 Å². The minimum absolute atomic E-state index is 0.661. The summed E-state index contributed by atoms with van der Waals surface area (Å²) in [6.45, 7) is 8.64. The molecule has 0 aliphatic carbocycles. The summed E-state index contributed by atoms with van der Waals surface area (Å²) in [4.78, 5) is 0. The molecular formula is C17H36O2. The lowest BCUT2D eigenvalue weighted by Gasteiger charge is -2.27. The third-order valence-electron chi connectivity index (χ3n) is 3.97. The first kappa shape index (κ1) is 18.9. The maximum absolute atomic E-state index is 5.44.